The number of aromatic nitrogens is 4. The number of nitrogens with one attached hydrogen (secondary N) is 3. The molecule has 34 nitrogen and oxygen atoms in total. The third-order valence-electron chi connectivity index (χ3n) is 11.5. The fraction of sp³-hybridized carbons (Fsp3) is 0.771. The maximum atomic E-state index is 12.8. The van der Waals surface area contributed by atoms with Crippen molar-refractivity contribution < 1.29 is 110 Å². The molecule has 0 radical (unpaired) electrons. The summed E-state index contributed by atoms with van der Waals surface area (Å²) in [7, 11) is -16.6. The number of rotatable bonds is 25. The van der Waals surface area contributed by atoms with E-state index in [1.165, 1.54) is 13.8 Å². The van der Waals surface area contributed by atoms with E-state index in [9.17, 15) is 78.3 Å². The molecule has 2 aromatic rings. The summed E-state index contributed by atoms with van der Waals surface area (Å²) in [5.41, 5.74) is 22.0. The van der Waals surface area contributed by atoms with Gasteiger partial charge < -0.3 is 103 Å². The predicted octanol–water partition coefficient (Wildman–Crippen LogP) is -6.81. The zero-order chi connectivity index (χ0) is 54.4. The Balaban J connectivity index is 0.975. The molecule has 5 rings (SSSR count). The Labute approximate surface area is 418 Å². The molecule has 4 heterocycles. The second kappa shape index (κ2) is 25.4. The number of fused-ring (bicyclic) bond motifs is 1. The number of anilines is 1. The summed E-state index contributed by atoms with van der Waals surface area (Å²) in [6.07, 6.45) is -16.8. The Hall–Kier alpha value is -3.00. The minimum atomic E-state index is -5.63. The van der Waals surface area contributed by atoms with Gasteiger partial charge in [-0.1, -0.05) is 13.8 Å². The van der Waals surface area contributed by atoms with Gasteiger partial charge in [0.05, 0.1) is 37.4 Å². The molecule has 416 valence electrons. The number of hydrogen-bond donors (Lipinski definition) is 17. The first-order chi connectivity index (χ1) is 33.9. The van der Waals surface area contributed by atoms with Crippen LogP contribution in [-0.2, 0) is 60.2 Å². The van der Waals surface area contributed by atoms with Crippen molar-refractivity contribution in [2.45, 2.75) is 118 Å². The van der Waals surface area contributed by atoms with Gasteiger partial charge in [0.1, 0.15) is 66.8 Å². The second-order valence-electron chi connectivity index (χ2n) is 17.7. The molecule has 73 heavy (non-hydrogen) atoms. The minimum absolute atomic E-state index is 0.00820. The number of aliphatic hydroxyl groups is 6. The van der Waals surface area contributed by atoms with Crippen LogP contribution in [0.1, 0.15) is 32.9 Å². The van der Waals surface area contributed by atoms with Crippen molar-refractivity contribution in [3.63, 3.8) is 0 Å². The third kappa shape index (κ3) is 16.5. The first kappa shape index (κ1) is 60.9. The van der Waals surface area contributed by atoms with Crippen molar-refractivity contribution in [2.75, 3.05) is 50.1 Å². The van der Waals surface area contributed by atoms with Gasteiger partial charge in [0.15, 0.2) is 24.0 Å². The van der Waals surface area contributed by atoms with Gasteiger partial charge in [0.2, 0.25) is 17.7 Å². The van der Waals surface area contributed by atoms with Crippen molar-refractivity contribution in [1.29, 1.82) is 0 Å². The second-order valence-corrected chi connectivity index (χ2v) is 23.0. The van der Waals surface area contributed by atoms with Crippen LogP contribution in [-0.4, -0.2) is 217 Å². The topological polar surface area (TPSA) is 553 Å². The number of ether oxygens (including phenoxy) is 3. The number of hydrogen-bond acceptors (Lipinski definition) is 27. The van der Waals surface area contributed by atoms with Crippen LogP contribution in [0, 0.1) is 5.41 Å². The average molecular weight is 1130 g/mol. The van der Waals surface area contributed by atoms with Crippen molar-refractivity contribution >= 4 is 69.9 Å². The zero-order valence-electron chi connectivity index (χ0n) is 38.8. The van der Waals surface area contributed by atoms with E-state index in [4.69, 9.17) is 46.2 Å². The van der Waals surface area contributed by atoms with E-state index in [-0.39, 0.29) is 61.0 Å². The Morgan fingerprint density at radius 2 is 1.53 bits per heavy atom. The lowest BCUT2D eigenvalue weighted by atomic mass is 9.84. The number of carbonyl (C=O) groups excluding carboxylic acids is 3. The molecule has 1 saturated carbocycles. The molecule has 38 heteroatoms. The van der Waals surface area contributed by atoms with Crippen LogP contribution in [0.5, 0.6) is 0 Å². The van der Waals surface area contributed by atoms with E-state index in [2.05, 4.69) is 39.7 Å². The maximum Gasteiger partial charge on any atom is 0.481 e. The molecule has 3 fully saturated rings. The summed E-state index contributed by atoms with van der Waals surface area (Å²) in [4.78, 5) is 88.8. The zero-order valence-corrected chi connectivity index (χ0v) is 42.3. The number of thioether (sulfide) groups is 1. The van der Waals surface area contributed by atoms with E-state index in [1.54, 1.807) is 0 Å². The van der Waals surface area contributed by atoms with Gasteiger partial charge in [-0.15, -0.1) is 0 Å². The molecule has 2 saturated heterocycles. The SMILES string of the molecule is CC(C)(COP(=O)(O)OP(=O)(O)OC[C@H]1O[C@@H](n2cnc3c(N)ncnc32)[C@H](O)[C@@H]1OP(=O)(O)O)[C@H](O)C(=O)NCCC(=O)NCCSCC(=O)NC[C@H]1O[C@H](O[C@H]2[C@H](O)[C@@H](O)[C@H](N)C[C@@H]2N)[C@H](N)[C@@H](O)[C@@H]1O. The molecular formula is C35H62N11O23P3S. The molecule has 21 N–H and O–H groups in total. The first-order valence-electron chi connectivity index (χ1n) is 21.9. The molecule has 17 atom stereocenters. The van der Waals surface area contributed by atoms with Crippen LogP contribution in [0.4, 0.5) is 5.82 Å². The highest BCUT2D eigenvalue weighted by molar-refractivity contribution is 7.99. The van der Waals surface area contributed by atoms with Crippen molar-refractivity contribution in [2.24, 2.45) is 22.6 Å². The normalized spacial score (nSPS) is 32.1. The van der Waals surface area contributed by atoms with Gasteiger partial charge in [-0.2, -0.15) is 16.1 Å². The van der Waals surface area contributed by atoms with E-state index in [1.807, 2.05) is 0 Å². The number of phosphoric acid groups is 3. The molecule has 2 aliphatic heterocycles. The molecule has 3 aliphatic rings. The Morgan fingerprint density at radius 1 is 0.849 bits per heavy atom. The van der Waals surface area contributed by atoms with Crippen LogP contribution in [0.3, 0.4) is 0 Å². The number of imidazole rings is 1. The van der Waals surface area contributed by atoms with Crippen LogP contribution in [0.15, 0.2) is 12.7 Å². The van der Waals surface area contributed by atoms with Gasteiger partial charge in [-0.3, -0.25) is 32.5 Å². The van der Waals surface area contributed by atoms with Crippen molar-refractivity contribution in [3.05, 3.63) is 12.7 Å². The summed E-state index contributed by atoms with van der Waals surface area (Å²) in [6.45, 7) is -0.150. The van der Waals surface area contributed by atoms with Gasteiger partial charge in [-0.25, -0.2) is 28.6 Å². The Morgan fingerprint density at radius 3 is 2.22 bits per heavy atom. The molecule has 2 unspecified atom stereocenters. The Kier molecular flexibility index (Phi) is 21.2. The van der Waals surface area contributed by atoms with Crippen molar-refractivity contribution in [3.8, 4) is 0 Å². The number of nitrogens with two attached hydrogens (primary N) is 4. The van der Waals surface area contributed by atoms with E-state index in [0.29, 0.717) is 0 Å². The summed E-state index contributed by atoms with van der Waals surface area (Å²) in [6, 6.07) is -2.90. The van der Waals surface area contributed by atoms with Gasteiger partial charge in [0, 0.05) is 49.3 Å². The summed E-state index contributed by atoms with van der Waals surface area (Å²) in [5.74, 6) is -1.97. The summed E-state index contributed by atoms with van der Waals surface area (Å²) < 4.78 is 73.8. The lowest BCUT2D eigenvalue weighted by molar-refractivity contribution is -0.288. The van der Waals surface area contributed by atoms with E-state index < -0.39 is 152 Å². The van der Waals surface area contributed by atoms with Crippen LogP contribution in [0.2, 0.25) is 0 Å². The predicted molar refractivity (Wildman–Crippen MR) is 246 cm³/mol. The quantitative estimate of drug-likeness (QED) is 0.0325. The smallest absolute Gasteiger partial charge is 0.389 e. The number of amides is 3. The Bertz CT molecular complexity index is 2360. The largest absolute Gasteiger partial charge is 0.481 e. The van der Waals surface area contributed by atoms with Crippen LogP contribution in [0.25, 0.3) is 11.2 Å². The summed E-state index contributed by atoms with van der Waals surface area (Å²) in [5, 5.41) is 70.7. The van der Waals surface area contributed by atoms with E-state index >= 15 is 0 Å². The molecule has 0 spiro atoms. The number of nitrogen functional groups attached to an aromatic ring is 1. The first-order valence-corrected chi connectivity index (χ1v) is 27.6. The number of carbonyl (C=O) groups is 3. The highest BCUT2D eigenvalue weighted by Gasteiger charge is 2.51. The van der Waals surface area contributed by atoms with E-state index in [0.717, 1.165) is 29.0 Å². The van der Waals surface area contributed by atoms with Crippen LogP contribution >= 0.6 is 35.2 Å². The number of aliphatic hydroxyl groups excluding tert-OH is 6. The third-order valence-corrected chi connectivity index (χ3v) is 15.6. The monoisotopic (exact) mass is 1130 g/mol. The number of phosphoric ester groups is 3. The van der Waals surface area contributed by atoms with Gasteiger partial charge in [-0.05, 0) is 6.42 Å². The highest BCUT2D eigenvalue weighted by Crippen LogP contribution is 2.61. The lowest BCUT2D eigenvalue weighted by Crippen LogP contribution is -2.67. The van der Waals surface area contributed by atoms with Gasteiger partial charge >= 0.3 is 23.5 Å². The molecule has 0 aromatic carbocycles. The molecular weight excluding hydrogens is 1070 g/mol. The fourth-order valence-electron chi connectivity index (χ4n) is 7.50. The minimum Gasteiger partial charge on any atom is -0.389 e. The van der Waals surface area contributed by atoms with Gasteiger partial charge in [0.25, 0.3) is 0 Å². The molecule has 2 aromatic heterocycles. The number of nitrogens with zero attached hydrogens (tertiary/aromatic N) is 4. The van der Waals surface area contributed by atoms with Crippen molar-refractivity contribution in [1.82, 2.24) is 35.5 Å². The maximum absolute atomic E-state index is 12.8. The highest BCUT2D eigenvalue weighted by atomic mass is 32.2. The molecule has 1 aliphatic carbocycles. The van der Waals surface area contributed by atoms with Crippen LogP contribution < -0.4 is 38.9 Å². The lowest BCUT2D eigenvalue weighted by Gasteiger charge is -2.45. The molecule has 0 bridgehead atoms. The molecule has 3 amide bonds. The fourth-order valence-corrected chi connectivity index (χ4v) is 11.0. The average Bonchev–Trinajstić information content (AvgIpc) is 3.87. The summed E-state index contributed by atoms with van der Waals surface area (Å²) >= 11 is 1.12. The standard InChI is InChI=1S/C35H62N11O23P3S/c1-35(2,11-64-72(61,62)69-71(59,60)63-9-17-28(68-70(56,57)58)26(53)33(65-17)46-13-45-21-30(39)43-12-44-31(21)46)29(54)32(55)41-4-3-18(47)40-5-6-73-10-19(48)42-8-16-23(50)24(51)20(38)34(66-16)67-27-15(37)7-14(36)22(49)25(27)52/h12-17,20,22-29,33-34,49-54H,3-11,36-38H2,1-2H3,(H,40,47)(H,41,55)(H,42,48)(H,59,60)(H,61,62)(H2,39,43,44)(H2,56,57,58)/t14-,15+,16-,17-,20-,22+,23-,24-,25-,26-,27-,28-,29-,33-,34-/m1/s1.